The van der Waals surface area contributed by atoms with Gasteiger partial charge in [-0.2, -0.15) is 0 Å². The van der Waals surface area contributed by atoms with Gasteiger partial charge in [0.2, 0.25) is 0 Å². The molecule has 1 aliphatic rings. The van der Waals surface area contributed by atoms with Crippen LogP contribution in [-0.4, -0.2) is 35.0 Å². The molecule has 0 bridgehead atoms. The molecule has 0 spiro atoms. The number of carbonyl (C=O) groups excluding carboxylic acids is 1. The molecule has 4 heteroatoms. The van der Waals surface area contributed by atoms with E-state index in [1.54, 1.807) is 0 Å². The Labute approximate surface area is 109 Å². The zero-order chi connectivity index (χ0) is 13.4. The summed E-state index contributed by atoms with van der Waals surface area (Å²) in [6.45, 7) is 2.46. The van der Waals surface area contributed by atoms with Crippen molar-refractivity contribution >= 4 is 5.97 Å². The van der Waals surface area contributed by atoms with E-state index in [0.29, 0.717) is 19.4 Å². The molecular formula is C14H26O4. The lowest BCUT2D eigenvalue weighted by atomic mass is 9.92. The lowest BCUT2D eigenvalue weighted by Gasteiger charge is -2.26. The first-order valence-corrected chi connectivity index (χ1v) is 7.15. The molecule has 0 aromatic carbocycles. The largest absolute Gasteiger partial charge is 0.465 e. The summed E-state index contributed by atoms with van der Waals surface area (Å²) in [6, 6.07) is 0. The molecule has 1 saturated heterocycles. The van der Waals surface area contributed by atoms with Crippen LogP contribution in [-0.2, 0) is 9.53 Å². The van der Waals surface area contributed by atoms with Gasteiger partial charge in [0.15, 0.2) is 0 Å². The molecule has 2 N–H and O–H groups in total. The Balaban J connectivity index is 2.09. The molecule has 0 aromatic heterocycles. The normalized spacial score (nSPS) is 23.5. The standard InChI is InChI=1S/C14H26O4/c1-2-3-5-12(15)6-4-7-13(16)11-8-9-14(17)18-10-11/h11-13,15-16H,2-10H2,1H3/t11-,12?,13-/m0/s1. The monoisotopic (exact) mass is 258 g/mol. The average Bonchev–Trinajstić information content (AvgIpc) is 2.37. The second kappa shape index (κ2) is 8.48. The van der Waals surface area contributed by atoms with Crippen molar-refractivity contribution in [3.63, 3.8) is 0 Å². The van der Waals surface area contributed by atoms with Gasteiger partial charge in [-0.05, 0) is 32.1 Å². The number of hydrogen-bond donors (Lipinski definition) is 2. The summed E-state index contributed by atoms with van der Waals surface area (Å²) < 4.78 is 4.94. The highest BCUT2D eigenvalue weighted by Crippen LogP contribution is 2.22. The van der Waals surface area contributed by atoms with E-state index < -0.39 is 6.10 Å². The lowest BCUT2D eigenvalue weighted by molar-refractivity contribution is -0.152. The molecule has 1 heterocycles. The first kappa shape index (κ1) is 15.4. The van der Waals surface area contributed by atoms with Crippen LogP contribution in [0.1, 0.15) is 58.3 Å². The molecule has 0 radical (unpaired) electrons. The highest BCUT2D eigenvalue weighted by atomic mass is 16.5. The van der Waals surface area contributed by atoms with Crippen molar-refractivity contribution in [2.24, 2.45) is 5.92 Å². The first-order valence-electron chi connectivity index (χ1n) is 7.15. The molecule has 0 amide bonds. The van der Waals surface area contributed by atoms with E-state index in [9.17, 15) is 15.0 Å². The molecule has 3 atom stereocenters. The Kier molecular flexibility index (Phi) is 7.28. The predicted octanol–water partition coefficient (Wildman–Crippen LogP) is 2.02. The fraction of sp³-hybridized carbons (Fsp3) is 0.929. The Morgan fingerprint density at radius 3 is 2.61 bits per heavy atom. The first-order chi connectivity index (χ1) is 8.63. The quantitative estimate of drug-likeness (QED) is 0.654. The van der Waals surface area contributed by atoms with E-state index in [1.165, 1.54) is 0 Å². The lowest BCUT2D eigenvalue weighted by Crippen LogP contribution is -2.31. The SMILES string of the molecule is CCCCC(O)CCC[C@H](O)[C@H]1CCC(=O)OC1. The summed E-state index contributed by atoms with van der Waals surface area (Å²) in [5, 5.41) is 19.7. The van der Waals surface area contributed by atoms with Crippen LogP contribution in [0.25, 0.3) is 0 Å². The summed E-state index contributed by atoms with van der Waals surface area (Å²) in [5.74, 6) is -0.0797. The summed E-state index contributed by atoms with van der Waals surface area (Å²) in [7, 11) is 0. The third-order valence-corrected chi connectivity index (χ3v) is 3.65. The second-order valence-corrected chi connectivity index (χ2v) is 5.28. The van der Waals surface area contributed by atoms with Crippen molar-refractivity contribution in [2.45, 2.75) is 70.5 Å². The van der Waals surface area contributed by atoms with Crippen LogP contribution in [0.4, 0.5) is 0 Å². The number of hydrogen-bond acceptors (Lipinski definition) is 4. The minimum Gasteiger partial charge on any atom is -0.465 e. The van der Waals surface area contributed by atoms with E-state index in [0.717, 1.165) is 38.5 Å². The minimum atomic E-state index is -0.406. The highest BCUT2D eigenvalue weighted by Gasteiger charge is 2.25. The summed E-state index contributed by atoms with van der Waals surface area (Å²) >= 11 is 0. The molecule has 4 nitrogen and oxygen atoms in total. The molecule has 1 rings (SSSR count). The molecule has 1 fully saturated rings. The zero-order valence-electron chi connectivity index (χ0n) is 11.3. The number of carbonyl (C=O) groups is 1. The second-order valence-electron chi connectivity index (χ2n) is 5.28. The van der Waals surface area contributed by atoms with Gasteiger partial charge < -0.3 is 14.9 Å². The van der Waals surface area contributed by atoms with Crippen LogP contribution in [0.15, 0.2) is 0 Å². The molecule has 0 saturated carbocycles. The van der Waals surface area contributed by atoms with Crippen LogP contribution >= 0.6 is 0 Å². The van der Waals surface area contributed by atoms with E-state index in [4.69, 9.17) is 4.74 Å². The Hall–Kier alpha value is -0.610. The topological polar surface area (TPSA) is 66.8 Å². The number of aliphatic hydroxyl groups excluding tert-OH is 2. The van der Waals surface area contributed by atoms with Gasteiger partial charge in [-0.3, -0.25) is 4.79 Å². The van der Waals surface area contributed by atoms with Crippen molar-refractivity contribution in [2.75, 3.05) is 6.61 Å². The fourth-order valence-corrected chi connectivity index (χ4v) is 2.34. The minimum absolute atomic E-state index is 0.0792. The van der Waals surface area contributed by atoms with Gasteiger partial charge >= 0.3 is 5.97 Å². The van der Waals surface area contributed by atoms with Gasteiger partial charge in [-0.1, -0.05) is 19.8 Å². The van der Waals surface area contributed by atoms with Crippen molar-refractivity contribution in [3.05, 3.63) is 0 Å². The number of aliphatic hydroxyl groups is 2. The molecule has 1 aliphatic heterocycles. The maximum absolute atomic E-state index is 10.9. The molecule has 18 heavy (non-hydrogen) atoms. The predicted molar refractivity (Wildman–Crippen MR) is 69.1 cm³/mol. The van der Waals surface area contributed by atoms with E-state index in [1.807, 2.05) is 0 Å². The Morgan fingerprint density at radius 2 is 2.00 bits per heavy atom. The number of cyclic esters (lactones) is 1. The van der Waals surface area contributed by atoms with E-state index in [-0.39, 0.29) is 18.0 Å². The maximum atomic E-state index is 10.9. The molecule has 0 aliphatic carbocycles. The van der Waals surface area contributed by atoms with Gasteiger partial charge in [0.05, 0.1) is 18.8 Å². The van der Waals surface area contributed by atoms with Gasteiger partial charge in [0, 0.05) is 12.3 Å². The molecule has 0 aromatic rings. The third kappa shape index (κ3) is 5.83. The van der Waals surface area contributed by atoms with E-state index in [2.05, 4.69) is 6.92 Å². The molecule has 1 unspecified atom stereocenters. The maximum Gasteiger partial charge on any atom is 0.305 e. The smallest absolute Gasteiger partial charge is 0.305 e. The zero-order valence-corrected chi connectivity index (χ0v) is 11.3. The third-order valence-electron chi connectivity index (χ3n) is 3.65. The van der Waals surface area contributed by atoms with Crippen LogP contribution in [0, 0.1) is 5.92 Å². The van der Waals surface area contributed by atoms with Gasteiger partial charge in [0.1, 0.15) is 0 Å². The van der Waals surface area contributed by atoms with Crippen molar-refractivity contribution in [1.82, 2.24) is 0 Å². The molecule has 106 valence electrons. The van der Waals surface area contributed by atoms with Crippen LogP contribution < -0.4 is 0 Å². The van der Waals surface area contributed by atoms with Crippen molar-refractivity contribution in [1.29, 1.82) is 0 Å². The van der Waals surface area contributed by atoms with E-state index >= 15 is 0 Å². The summed E-state index contributed by atoms with van der Waals surface area (Å²) in [6.07, 6.45) is 5.78. The Morgan fingerprint density at radius 1 is 1.28 bits per heavy atom. The van der Waals surface area contributed by atoms with Crippen LogP contribution in [0.5, 0.6) is 0 Å². The average molecular weight is 258 g/mol. The highest BCUT2D eigenvalue weighted by molar-refractivity contribution is 5.69. The fourth-order valence-electron chi connectivity index (χ4n) is 2.34. The van der Waals surface area contributed by atoms with Gasteiger partial charge in [0.25, 0.3) is 0 Å². The van der Waals surface area contributed by atoms with Crippen molar-refractivity contribution in [3.8, 4) is 0 Å². The van der Waals surface area contributed by atoms with Gasteiger partial charge in [-0.25, -0.2) is 0 Å². The van der Waals surface area contributed by atoms with Crippen molar-refractivity contribution < 1.29 is 19.7 Å². The number of unbranched alkanes of at least 4 members (excludes halogenated alkanes) is 1. The molecular weight excluding hydrogens is 232 g/mol. The van der Waals surface area contributed by atoms with Gasteiger partial charge in [-0.15, -0.1) is 0 Å². The summed E-state index contributed by atoms with van der Waals surface area (Å²) in [5.41, 5.74) is 0. The number of ether oxygens (including phenoxy) is 1. The van der Waals surface area contributed by atoms with Crippen LogP contribution in [0.2, 0.25) is 0 Å². The number of esters is 1. The van der Waals surface area contributed by atoms with Crippen LogP contribution in [0.3, 0.4) is 0 Å². The summed E-state index contributed by atoms with van der Waals surface area (Å²) in [4.78, 5) is 10.9. The number of rotatable bonds is 8. The Bertz CT molecular complexity index is 232.